The van der Waals surface area contributed by atoms with Crippen molar-refractivity contribution >= 4 is 102 Å². The number of hydrogen-bond donors (Lipinski definition) is 0. The van der Waals surface area contributed by atoms with Gasteiger partial charge in [0, 0.05) is 62.5 Å². The predicted octanol–water partition coefficient (Wildman–Crippen LogP) is 15.1. The first kappa shape index (κ1) is 29.5. The van der Waals surface area contributed by atoms with E-state index in [-0.39, 0.29) is 0 Å². The average molecular weight is 700 g/mol. The summed E-state index contributed by atoms with van der Waals surface area (Å²) in [6.45, 7) is 0. The number of fused-ring (bicyclic) bond motifs is 9. The molecule has 0 fully saturated rings. The minimum atomic E-state index is 0.874. The van der Waals surface area contributed by atoms with Crippen molar-refractivity contribution in [3.05, 3.63) is 176 Å². The fraction of sp³-hybridized carbons (Fsp3) is 0. The Morgan fingerprint density at radius 2 is 1.02 bits per heavy atom. The van der Waals surface area contributed by atoms with Crippen LogP contribution in [-0.4, -0.2) is 0 Å². The molecule has 0 aliphatic carbocycles. The van der Waals surface area contributed by atoms with Gasteiger partial charge in [0.25, 0.3) is 0 Å². The summed E-state index contributed by atoms with van der Waals surface area (Å²) in [5.41, 5.74) is 9.74. The van der Waals surface area contributed by atoms with E-state index in [0.29, 0.717) is 0 Å². The Hall–Kier alpha value is -6.20. The van der Waals surface area contributed by atoms with Crippen LogP contribution in [-0.2, 0) is 0 Å². The van der Waals surface area contributed by atoms with Gasteiger partial charge in [0.1, 0.15) is 5.58 Å². The number of nitrogens with zero attached hydrogens (tertiary/aromatic N) is 1. The predicted molar refractivity (Wildman–Crippen MR) is 225 cm³/mol. The molecule has 244 valence electrons. The van der Waals surface area contributed by atoms with Gasteiger partial charge in [0.2, 0.25) is 0 Å². The van der Waals surface area contributed by atoms with E-state index in [9.17, 15) is 0 Å². The largest absolute Gasteiger partial charge is 0.454 e. The summed E-state index contributed by atoms with van der Waals surface area (Å²) in [5, 5.41) is 7.49. The van der Waals surface area contributed by atoms with Gasteiger partial charge in [-0.25, -0.2) is 0 Å². The normalized spacial score (nSPS) is 11.8. The van der Waals surface area contributed by atoms with Crippen molar-refractivity contribution in [1.82, 2.24) is 0 Å². The third-order valence-electron chi connectivity index (χ3n) is 10.3. The van der Waals surface area contributed by atoms with Crippen LogP contribution in [0.5, 0.6) is 0 Å². The lowest BCUT2D eigenvalue weighted by Gasteiger charge is -2.26. The molecule has 2 nitrogen and oxygen atoms in total. The molecule has 0 saturated carbocycles. The highest BCUT2D eigenvalue weighted by Crippen LogP contribution is 2.45. The number of anilines is 3. The Bertz CT molecular complexity index is 3150. The van der Waals surface area contributed by atoms with Gasteiger partial charge in [0.15, 0.2) is 5.58 Å². The Morgan fingerprint density at radius 1 is 0.385 bits per heavy atom. The quantitative estimate of drug-likeness (QED) is 0.178. The summed E-state index contributed by atoms with van der Waals surface area (Å²) >= 11 is 3.72. The fourth-order valence-corrected chi connectivity index (χ4v) is 10.1. The molecule has 0 saturated heterocycles. The average Bonchev–Trinajstić information content (AvgIpc) is 3.90. The second-order valence-corrected chi connectivity index (χ2v) is 15.4. The van der Waals surface area contributed by atoms with Gasteiger partial charge in [-0.2, -0.15) is 0 Å². The lowest BCUT2D eigenvalue weighted by atomic mass is 9.99. The molecule has 3 aromatic heterocycles. The summed E-state index contributed by atoms with van der Waals surface area (Å²) in [7, 11) is 0. The summed E-state index contributed by atoms with van der Waals surface area (Å²) in [4.78, 5) is 2.34. The van der Waals surface area contributed by atoms with Crippen LogP contribution in [0.1, 0.15) is 0 Å². The first-order valence-electron chi connectivity index (χ1n) is 17.5. The molecule has 0 aliphatic heterocycles. The van der Waals surface area contributed by atoms with E-state index in [1.54, 1.807) is 0 Å². The van der Waals surface area contributed by atoms with Crippen molar-refractivity contribution in [2.45, 2.75) is 0 Å². The van der Waals surface area contributed by atoms with Crippen LogP contribution in [0.4, 0.5) is 17.1 Å². The van der Waals surface area contributed by atoms with E-state index in [1.165, 1.54) is 62.6 Å². The van der Waals surface area contributed by atoms with Crippen molar-refractivity contribution in [3.63, 3.8) is 0 Å². The Morgan fingerprint density at radius 3 is 1.90 bits per heavy atom. The third-order valence-corrected chi connectivity index (χ3v) is 12.5. The molecule has 0 unspecified atom stereocenters. The lowest BCUT2D eigenvalue weighted by Crippen LogP contribution is -2.10. The Balaban J connectivity index is 1.08. The first-order valence-corrected chi connectivity index (χ1v) is 19.1. The number of para-hydroxylation sites is 2. The molecule has 11 rings (SSSR count). The molecular formula is C48H29NOS2. The zero-order valence-corrected chi connectivity index (χ0v) is 29.5. The highest BCUT2D eigenvalue weighted by Gasteiger charge is 2.20. The van der Waals surface area contributed by atoms with Crippen LogP contribution in [0.25, 0.3) is 84.5 Å². The molecule has 0 aliphatic rings. The van der Waals surface area contributed by atoms with Gasteiger partial charge in [-0.15, -0.1) is 22.7 Å². The molecule has 0 bridgehead atoms. The number of furan rings is 1. The summed E-state index contributed by atoms with van der Waals surface area (Å²) in [6.07, 6.45) is 0. The SMILES string of the molecule is c1cc(-c2ccc3c(c2)sc2ccccc23)cc(N(c2ccc(-c3cccc4sc5ccccc5c34)cc2)c2cccc3c2oc2ccccc23)c1. The van der Waals surface area contributed by atoms with Gasteiger partial charge < -0.3 is 9.32 Å². The molecule has 0 radical (unpaired) electrons. The maximum atomic E-state index is 6.63. The van der Waals surface area contributed by atoms with Crippen LogP contribution >= 0.6 is 22.7 Å². The highest BCUT2D eigenvalue weighted by molar-refractivity contribution is 7.26. The van der Waals surface area contributed by atoms with Crippen molar-refractivity contribution in [2.24, 2.45) is 0 Å². The highest BCUT2D eigenvalue weighted by atomic mass is 32.1. The molecule has 0 amide bonds. The van der Waals surface area contributed by atoms with Crippen LogP contribution < -0.4 is 4.90 Å². The fourth-order valence-electron chi connectivity index (χ4n) is 7.87. The van der Waals surface area contributed by atoms with Gasteiger partial charge in [-0.3, -0.25) is 0 Å². The van der Waals surface area contributed by atoms with E-state index in [4.69, 9.17) is 4.42 Å². The van der Waals surface area contributed by atoms with E-state index < -0.39 is 0 Å². The topological polar surface area (TPSA) is 16.4 Å². The maximum absolute atomic E-state index is 6.63. The van der Waals surface area contributed by atoms with Gasteiger partial charge in [-0.1, -0.05) is 115 Å². The lowest BCUT2D eigenvalue weighted by molar-refractivity contribution is 0.669. The second kappa shape index (κ2) is 11.7. The van der Waals surface area contributed by atoms with E-state index >= 15 is 0 Å². The van der Waals surface area contributed by atoms with Gasteiger partial charge in [-0.05, 0) is 82.9 Å². The molecule has 0 N–H and O–H groups in total. The standard InChI is InChI=1S/C48H29NOS2/c1-4-18-42-36(12-1)39-16-8-17-41(48(39)50-42)49(33-25-22-30(23-26-33)35-15-9-21-45-47(35)40-14-3-6-20-44(40)51-45)34-11-7-10-31(28-34)32-24-27-38-37-13-2-5-19-43(37)52-46(38)29-32/h1-29H. The first-order chi connectivity index (χ1) is 25.8. The van der Waals surface area contributed by atoms with Crippen LogP contribution in [0.2, 0.25) is 0 Å². The Labute approximate surface area is 308 Å². The molecule has 0 spiro atoms. The smallest absolute Gasteiger partial charge is 0.159 e. The summed E-state index contributed by atoms with van der Waals surface area (Å²) < 4.78 is 11.9. The number of thiophene rings is 2. The number of hydrogen-bond acceptors (Lipinski definition) is 4. The zero-order valence-electron chi connectivity index (χ0n) is 27.9. The minimum absolute atomic E-state index is 0.874. The van der Waals surface area contributed by atoms with Gasteiger partial charge >= 0.3 is 0 Å². The summed E-state index contributed by atoms with van der Waals surface area (Å²) in [5.74, 6) is 0. The molecule has 3 heterocycles. The van der Waals surface area contributed by atoms with Crippen molar-refractivity contribution in [3.8, 4) is 22.3 Å². The molecule has 4 heteroatoms. The molecule has 52 heavy (non-hydrogen) atoms. The Kier molecular flexibility index (Phi) is 6.63. The number of rotatable bonds is 5. The van der Waals surface area contributed by atoms with Crippen molar-refractivity contribution < 1.29 is 4.42 Å². The van der Waals surface area contributed by atoms with Crippen molar-refractivity contribution in [2.75, 3.05) is 4.90 Å². The number of benzene rings is 8. The maximum Gasteiger partial charge on any atom is 0.159 e. The van der Waals surface area contributed by atoms with Crippen LogP contribution in [0, 0.1) is 0 Å². The molecular weight excluding hydrogens is 671 g/mol. The van der Waals surface area contributed by atoms with E-state index in [2.05, 4.69) is 175 Å². The third kappa shape index (κ3) is 4.62. The zero-order chi connectivity index (χ0) is 34.2. The summed E-state index contributed by atoms with van der Waals surface area (Å²) in [6, 6.07) is 63.7. The van der Waals surface area contributed by atoms with Crippen LogP contribution in [0.3, 0.4) is 0 Å². The molecule has 0 atom stereocenters. The van der Waals surface area contributed by atoms with E-state index in [0.717, 1.165) is 39.0 Å². The van der Waals surface area contributed by atoms with E-state index in [1.807, 2.05) is 28.7 Å². The molecule has 11 aromatic rings. The monoisotopic (exact) mass is 699 g/mol. The van der Waals surface area contributed by atoms with Crippen LogP contribution in [0.15, 0.2) is 180 Å². The second-order valence-electron chi connectivity index (χ2n) is 13.3. The van der Waals surface area contributed by atoms with Gasteiger partial charge in [0.05, 0.1) is 5.69 Å². The van der Waals surface area contributed by atoms with Crippen molar-refractivity contribution in [1.29, 1.82) is 0 Å². The minimum Gasteiger partial charge on any atom is -0.454 e. The molecule has 8 aromatic carbocycles.